The zero-order chi connectivity index (χ0) is 47.5. The minimum absolute atomic E-state index is 0.0664. The van der Waals surface area contributed by atoms with Crippen LogP contribution in [0.5, 0.6) is 0 Å². The number of nitrogens with zero attached hydrogens (tertiary/aromatic N) is 1. The summed E-state index contributed by atoms with van der Waals surface area (Å²) in [6, 6.07) is 47.5. The first-order chi connectivity index (χ1) is 33.2. The van der Waals surface area contributed by atoms with Crippen LogP contribution >= 0.6 is 0 Å². The Morgan fingerprint density at radius 3 is 1.47 bits per heavy atom. The highest BCUT2D eigenvalue weighted by molar-refractivity contribution is 5.99. The summed E-state index contributed by atoms with van der Waals surface area (Å²) in [6.07, 6.45) is -7.84. The van der Waals surface area contributed by atoms with E-state index in [9.17, 15) is 28.8 Å². The molecule has 1 saturated heterocycles. The third-order valence-electron chi connectivity index (χ3n) is 10.1. The van der Waals surface area contributed by atoms with Gasteiger partial charge in [-0.3, -0.25) is 0 Å². The molecular formula is C52H44N2O14. The lowest BCUT2D eigenvalue weighted by Gasteiger charge is -2.40. The van der Waals surface area contributed by atoms with Gasteiger partial charge < -0.3 is 43.3 Å². The number of esters is 4. The number of carbonyl (C=O) groups excluding carboxylic acids is 6. The summed E-state index contributed by atoms with van der Waals surface area (Å²) in [4.78, 5) is 87.1. The van der Waals surface area contributed by atoms with Gasteiger partial charge >= 0.3 is 35.9 Å². The van der Waals surface area contributed by atoms with Crippen LogP contribution in [0.3, 0.4) is 0 Å². The van der Waals surface area contributed by atoms with E-state index in [4.69, 9.17) is 38.0 Å². The van der Waals surface area contributed by atoms with Gasteiger partial charge in [-0.2, -0.15) is 0 Å². The molecule has 6 aromatic carbocycles. The Morgan fingerprint density at radius 2 is 0.956 bits per heavy atom. The minimum atomic E-state index is -1.84. The summed E-state index contributed by atoms with van der Waals surface area (Å²) < 4.78 is 41.4. The van der Waals surface area contributed by atoms with Crippen LogP contribution < -0.4 is 5.32 Å². The average Bonchev–Trinajstić information content (AvgIpc) is 3.39. The van der Waals surface area contributed by atoms with Crippen LogP contribution in [-0.4, -0.2) is 85.5 Å². The highest BCUT2D eigenvalue weighted by atomic mass is 16.7. The lowest BCUT2D eigenvalue weighted by atomic mass is 9.98. The van der Waals surface area contributed by atoms with Gasteiger partial charge in [0.25, 0.3) is 0 Å². The summed E-state index contributed by atoms with van der Waals surface area (Å²) >= 11 is 0. The van der Waals surface area contributed by atoms with Crippen molar-refractivity contribution in [2.45, 2.75) is 43.9 Å². The molecule has 0 unspecified atom stereocenters. The van der Waals surface area contributed by atoms with Gasteiger partial charge in [-0.15, -0.1) is 0 Å². The number of alkyl carbamates (subject to hydrolysis) is 1. The largest absolute Gasteiger partial charge is 0.459 e. The molecular weight excluding hydrogens is 877 g/mol. The van der Waals surface area contributed by atoms with Gasteiger partial charge in [-0.1, -0.05) is 139 Å². The van der Waals surface area contributed by atoms with Crippen molar-refractivity contribution in [2.24, 2.45) is 5.16 Å². The van der Waals surface area contributed by atoms with E-state index < -0.39 is 85.5 Å². The van der Waals surface area contributed by atoms with Gasteiger partial charge in [0, 0.05) is 0 Å². The molecule has 1 N–H and O–H groups in total. The molecule has 346 valence electrons. The number of benzene rings is 6. The van der Waals surface area contributed by atoms with Crippen molar-refractivity contribution >= 4 is 41.7 Å². The number of carbonyl (C=O) groups is 6. The molecule has 0 aliphatic carbocycles. The second-order valence-corrected chi connectivity index (χ2v) is 14.8. The van der Waals surface area contributed by atoms with Gasteiger partial charge in [-0.05, 0) is 59.7 Å². The summed E-state index contributed by atoms with van der Waals surface area (Å²) in [5, 5.41) is 6.58. The number of hydrogen-bond acceptors (Lipinski definition) is 15. The molecule has 1 aliphatic heterocycles. The van der Waals surface area contributed by atoms with Crippen molar-refractivity contribution < 1.29 is 66.8 Å². The van der Waals surface area contributed by atoms with Crippen LogP contribution in [0.25, 0.3) is 0 Å². The average molecular weight is 921 g/mol. The molecule has 5 atom stereocenters. The molecule has 1 heterocycles. The third kappa shape index (κ3) is 13.5. The van der Waals surface area contributed by atoms with Crippen LogP contribution in [0, 0.1) is 0 Å². The second kappa shape index (κ2) is 24.2. The van der Waals surface area contributed by atoms with E-state index in [0.717, 1.165) is 0 Å². The SMILES string of the molecule is O=C(N[C@@H](CO[C@H]1O[C@H](COC(=O)c2ccccc2)[C@H](OC(=O)c2ccccc2)[C@H](OC(=O)c2ccccc2)/C1=N\OC(=O)c1ccccc1)C(=O)OCc1ccccc1)OCc1ccccc1. The standard InChI is InChI=1S/C52H44N2O14/c55-46(37-23-11-3-12-24-37)62-34-42-44(66-47(56)38-25-13-4-14-26-38)45(67-48(57)39-27-15-5-16-28-39)43(54-68-49(58)40-29-17-6-18-30-40)51(65-42)63-33-41(50(59)61-31-35-19-7-1-8-20-35)53-52(60)64-32-36-21-9-2-10-22-36/h1-30,41-42,44-45,51H,31-34H2,(H,53,60)/b54-43+/t41-,42+,44-,45+,51-/m0/s1. The van der Waals surface area contributed by atoms with Gasteiger partial charge in [0.2, 0.25) is 6.29 Å². The Balaban J connectivity index is 1.25. The van der Waals surface area contributed by atoms with E-state index in [1.165, 1.54) is 48.5 Å². The molecule has 0 aromatic heterocycles. The number of oxime groups is 1. The maximum atomic E-state index is 14.0. The molecule has 0 saturated carbocycles. The van der Waals surface area contributed by atoms with Crippen LogP contribution in [0.15, 0.2) is 187 Å². The summed E-state index contributed by atoms with van der Waals surface area (Å²) in [6.45, 7) is -1.69. The van der Waals surface area contributed by atoms with Crippen LogP contribution in [0.1, 0.15) is 52.6 Å². The number of ether oxygens (including phenoxy) is 7. The first-order valence-electron chi connectivity index (χ1n) is 21.2. The number of hydrogen-bond donors (Lipinski definition) is 1. The molecule has 0 spiro atoms. The minimum Gasteiger partial charge on any atom is -0.459 e. The van der Waals surface area contributed by atoms with Gasteiger partial charge in [0.1, 0.15) is 25.9 Å². The van der Waals surface area contributed by atoms with Gasteiger partial charge in [0.05, 0.1) is 28.9 Å². The van der Waals surface area contributed by atoms with Crippen molar-refractivity contribution in [2.75, 3.05) is 13.2 Å². The third-order valence-corrected chi connectivity index (χ3v) is 10.1. The number of nitrogens with one attached hydrogen (secondary N) is 1. The fourth-order valence-corrected chi connectivity index (χ4v) is 6.57. The Morgan fingerprint density at radius 1 is 0.515 bits per heavy atom. The first-order valence-corrected chi connectivity index (χ1v) is 21.2. The first kappa shape index (κ1) is 47.5. The van der Waals surface area contributed by atoms with Crippen LogP contribution in [0.4, 0.5) is 4.79 Å². The van der Waals surface area contributed by atoms with Gasteiger partial charge in [0.15, 0.2) is 24.0 Å². The number of amides is 1. The number of rotatable bonds is 18. The molecule has 6 aromatic rings. The predicted molar refractivity (Wildman–Crippen MR) is 242 cm³/mol. The summed E-state index contributed by atoms with van der Waals surface area (Å²) in [5.74, 6) is -4.53. The predicted octanol–water partition coefficient (Wildman–Crippen LogP) is 7.29. The van der Waals surface area contributed by atoms with E-state index in [2.05, 4.69) is 10.5 Å². The Kier molecular flexibility index (Phi) is 16.9. The highest BCUT2D eigenvalue weighted by Crippen LogP contribution is 2.28. The van der Waals surface area contributed by atoms with E-state index in [0.29, 0.717) is 11.1 Å². The van der Waals surface area contributed by atoms with Crippen molar-refractivity contribution in [3.63, 3.8) is 0 Å². The maximum absolute atomic E-state index is 14.0. The maximum Gasteiger partial charge on any atom is 0.408 e. The molecule has 16 heteroatoms. The summed E-state index contributed by atoms with van der Waals surface area (Å²) in [7, 11) is 0. The zero-order valence-electron chi connectivity index (χ0n) is 36.2. The van der Waals surface area contributed by atoms with Gasteiger partial charge in [-0.25, -0.2) is 28.8 Å². The molecule has 0 bridgehead atoms. The van der Waals surface area contributed by atoms with Crippen molar-refractivity contribution in [3.05, 3.63) is 215 Å². The van der Waals surface area contributed by atoms with Crippen molar-refractivity contribution in [3.8, 4) is 0 Å². The molecule has 1 amide bonds. The molecule has 16 nitrogen and oxygen atoms in total. The van der Waals surface area contributed by atoms with E-state index >= 15 is 0 Å². The van der Waals surface area contributed by atoms with E-state index in [1.54, 1.807) is 133 Å². The fraction of sp³-hybridized carbons (Fsp3) is 0.173. The molecule has 7 rings (SSSR count). The second-order valence-electron chi connectivity index (χ2n) is 14.8. The topological polar surface area (TPSA) is 201 Å². The molecule has 1 aliphatic rings. The quantitative estimate of drug-likeness (QED) is 0.0390. The lowest BCUT2D eigenvalue weighted by molar-refractivity contribution is -0.205. The Hall–Kier alpha value is -8.47. The van der Waals surface area contributed by atoms with Crippen LogP contribution in [-0.2, 0) is 56.0 Å². The van der Waals surface area contributed by atoms with Crippen molar-refractivity contribution in [1.29, 1.82) is 0 Å². The lowest BCUT2D eigenvalue weighted by Crippen LogP contribution is -2.60. The van der Waals surface area contributed by atoms with E-state index in [-0.39, 0.29) is 35.5 Å². The zero-order valence-corrected chi connectivity index (χ0v) is 36.2. The van der Waals surface area contributed by atoms with E-state index in [1.807, 2.05) is 0 Å². The fourth-order valence-electron chi connectivity index (χ4n) is 6.57. The van der Waals surface area contributed by atoms with Crippen LogP contribution in [0.2, 0.25) is 0 Å². The summed E-state index contributed by atoms with van der Waals surface area (Å²) in [5.41, 5.74) is 1.26. The van der Waals surface area contributed by atoms with Crippen molar-refractivity contribution in [1.82, 2.24) is 5.32 Å². The molecule has 68 heavy (non-hydrogen) atoms. The molecule has 1 fully saturated rings. The monoisotopic (exact) mass is 920 g/mol. The Labute approximate surface area is 390 Å². The Bertz CT molecular complexity index is 2640. The normalized spacial score (nSPS) is 17.4. The molecule has 0 radical (unpaired) electrons. The highest BCUT2D eigenvalue weighted by Gasteiger charge is 2.51. The smallest absolute Gasteiger partial charge is 0.408 e.